The number of halogens is 1. The molecule has 0 fully saturated rings. The summed E-state index contributed by atoms with van der Waals surface area (Å²) in [4.78, 5) is 33.2. The van der Waals surface area contributed by atoms with Crippen molar-refractivity contribution in [2.45, 2.75) is 20.1 Å². The average Bonchev–Trinajstić information content (AvgIpc) is 3.17. The van der Waals surface area contributed by atoms with Gasteiger partial charge in [-0.3, -0.25) is 4.79 Å². The van der Waals surface area contributed by atoms with Gasteiger partial charge in [0.05, 0.1) is 5.69 Å². The Morgan fingerprint density at radius 2 is 1.70 bits per heavy atom. The number of ether oxygens (including phenoxy) is 2. The first kappa shape index (κ1) is 24.5. The molecular formula is C24H26ClN3O4S. The van der Waals surface area contributed by atoms with Gasteiger partial charge in [0, 0.05) is 38.4 Å². The van der Waals surface area contributed by atoms with Gasteiger partial charge in [-0.2, -0.15) is 0 Å². The number of thiazole rings is 1. The van der Waals surface area contributed by atoms with Gasteiger partial charge in [0.25, 0.3) is 5.91 Å². The van der Waals surface area contributed by atoms with Crippen LogP contribution in [0.25, 0.3) is 0 Å². The number of likely N-dealkylation sites (N-methyl/N-ethyl adjacent to an activating group) is 1. The minimum atomic E-state index is -0.570. The van der Waals surface area contributed by atoms with Gasteiger partial charge in [0.15, 0.2) is 6.61 Å². The predicted octanol–water partition coefficient (Wildman–Crippen LogP) is 4.57. The molecule has 0 N–H and O–H groups in total. The highest BCUT2D eigenvalue weighted by molar-refractivity contribution is 7.13. The number of nitrogens with zero attached hydrogens (tertiary/aromatic N) is 3. The lowest BCUT2D eigenvalue weighted by atomic mass is 10.2. The normalized spacial score (nSPS) is 10.6. The van der Waals surface area contributed by atoms with Gasteiger partial charge in [0.1, 0.15) is 22.2 Å². The number of aromatic nitrogens is 1. The van der Waals surface area contributed by atoms with Gasteiger partial charge in [-0.25, -0.2) is 9.78 Å². The standard InChI is InChI=1S/C24H26ClN3O4S/c1-16-23(33-21(26-16)14-31-20-11-7-18(25)8-12-20)24(30)32-15-22(29)28(4)13-17-5-9-19(10-6-17)27(2)3/h5-12H,13-15H2,1-4H3. The van der Waals surface area contributed by atoms with E-state index in [1.54, 1.807) is 38.2 Å². The Morgan fingerprint density at radius 1 is 1.03 bits per heavy atom. The SMILES string of the molecule is Cc1nc(COc2ccc(Cl)cc2)sc1C(=O)OCC(=O)N(C)Cc1ccc(N(C)C)cc1. The van der Waals surface area contributed by atoms with Crippen LogP contribution in [-0.4, -0.2) is 49.5 Å². The Balaban J connectivity index is 1.50. The van der Waals surface area contributed by atoms with Crippen LogP contribution in [-0.2, 0) is 22.7 Å². The lowest BCUT2D eigenvalue weighted by molar-refractivity contribution is -0.133. The maximum Gasteiger partial charge on any atom is 0.350 e. The molecule has 0 aliphatic heterocycles. The second-order valence-corrected chi connectivity index (χ2v) is 9.17. The minimum absolute atomic E-state index is 0.217. The maximum absolute atomic E-state index is 12.5. The topological polar surface area (TPSA) is 72.0 Å². The van der Waals surface area contributed by atoms with Crippen LogP contribution in [0.2, 0.25) is 5.02 Å². The van der Waals surface area contributed by atoms with Crippen molar-refractivity contribution in [2.24, 2.45) is 0 Å². The van der Waals surface area contributed by atoms with Crippen LogP contribution in [0.3, 0.4) is 0 Å². The molecule has 174 valence electrons. The van der Waals surface area contributed by atoms with Crippen LogP contribution >= 0.6 is 22.9 Å². The fourth-order valence-electron chi connectivity index (χ4n) is 2.94. The molecule has 0 radical (unpaired) electrons. The highest BCUT2D eigenvalue weighted by Gasteiger charge is 2.19. The molecule has 2 aromatic carbocycles. The van der Waals surface area contributed by atoms with Crippen molar-refractivity contribution in [3.8, 4) is 5.75 Å². The Morgan fingerprint density at radius 3 is 2.33 bits per heavy atom. The number of carbonyl (C=O) groups excluding carboxylic acids is 2. The van der Waals surface area contributed by atoms with Crippen LogP contribution in [0.15, 0.2) is 48.5 Å². The molecule has 7 nitrogen and oxygen atoms in total. The molecule has 0 aliphatic carbocycles. The summed E-state index contributed by atoms with van der Waals surface area (Å²) in [5.74, 6) is -0.199. The molecule has 0 atom stereocenters. The second kappa shape index (κ2) is 11.2. The quantitative estimate of drug-likeness (QED) is 0.412. The third kappa shape index (κ3) is 6.94. The monoisotopic (exact) mass is 487 g/mol. The van der Waals surface area contributed by atoms with E-state index < -0.39 is 5.97 Å². The van der Waals surface area contributed by atoms with Crippen molar-refractivity contribution < 1.29 is 19.1 Å². The van der Waals surface area contributed by atoms with Crippen molar-refractivity contribution in [3.05, 3.63) is 74.7 Å². The lowest BCUT2D eigenvalue weighted by Gasteiger charge is -2.18. The second-order valence-electron chi connectivity index (χ2n) is 7.65. The molecule has 0 bridgehead atoms. The fourth-order valence-corrected chi connectivity index (χ4v) is 3.94. The number of amides is 1. The predicted molar refractivity (Wildman–Crippen MR) is 130 cm³/mol. The number of hydrogen-bond donors (Lipinski definition) is 0. The van der Waals surface area contributed by atoms with E-state index in [1.165, 1.54) is 16.2 Å². The van der Waals surface area contributed by atoms with E-state index in [2.05, 4.69) is 4.98 Å². The third-order valence-electron chi connectivity index (χ3n) is 4.83. The Bertz CT molecular complexity index is 1100. The molecule has 33 heavy (non-hydrogen) atoms. The van der Waals surface area contributed by atoms with E-state index in [9.17, 15) is 9.59 Å². The van der Waals surface area contributed by atoms with E-state index >= 15 is 0 Å². The number of aryl methyl sites for hydroxylation is 1. The molecule has 1 aromatic heterocycles. The number of carbonyl (C=O) groups is 2. The summed E-state index contributed by atoms with van der Waals surface area (Å²) in [6.07, 6.45) is 0. The van der Waals surface area contributed by atoms with E-state index in [0.717, 1.165) is 11.3 Å². The molecule has 0 saturated carbocycles. The fraction of sp³-hybridized carbons (Fsp3) is 0.292. The Kier molecular flexibility index (Phi) is 8.30. The Labute approximate surface area is 202 Å². The van der Waals surface area contributed by atoms with Gasteiger partial charge in [-0.05, 0) is 48.9 Å². The highest BCUT2D eigenvalue weighted by atomic mass is 35.5. The van der Waals surface area contributed by atoms with Gasteiger partial charge in [0.2, 0.25) is 0 Å². The molecule has 0 spiro atoms. The van der Waals surface area contributed by atoms with Crippen molar-refractivity contribution in [2.75, 3.05) is 32.6 Å². The largest absolute Gasteiger partial charge is 0.486 e. The van der Waals surface area contributed by atoms with Gasteiger partial charge >= 0.3 is 5.97 Å². The molecule has 3 rings (SSSR count). The summed E-state index contributed by atoms with van der Waals surface area (Å²) in [6.45, 7) is 2.04. The number of anilines is 1. The van der Waals surface area contributed by atoms with Crippen LogP contribution in [0.1, 0.15) is 25.9 Å². The van der Waals surface area contributed by atoms with Gasteiger partial charge in [-0.15, -0.1) is 11.3 Å². The zero-order chi connectivity index (χ0) is 24.0. The summed E-state index contributed by atoms with van der Waals surface area (Å²) in [5, 5.41) is 1.26. The van der Waals surface area contributed by atoms with Crippen LogP contribution in [0.4, 0.5) is 5.69 Å². The first-order chi connectivity index (χ1) is 15.7. The van der Waals surface area contributed by atoms with Crippen LogP contribution < -0.4 is 9.64 Å². The third-order valence-corrected chi connectivity index (χ3v) is 6.19. The van der Waals surface area contributed by atoms with Crippen molar-refractivity contribution in [1.82, 2.24) is 9.88 Å². The van der Waals surface area contributed by atoms with E-state index in [-0.39, 0.29) is 19.1 Å². The lowest BCUT2D eigenvalue weighted by Crippen LogP contribution is -2.30. The van der Waals surface area contributed by atoms with Crippen LogP contribution in [0, 0.1) is 6.92 Å². The first-order valence-electron chi connectivity index (χ1n) is 10.2. The van der Waals surface area contributed by atoms with Crippen LogP contribution in [0.5, 0.6) is 5.75 Å². The highest BCUT2D eigenvalue weighted by Crippen LogP contribution is 2.22. The summed E-state index contributed by atoms with van der Waals surface area (Å²) < 4.78 is 10.9. The van der Waals surface area contributed by atoms with Crippen molar-refractivity contribution in [1.29, 1.82) is 0 Å². The van der Waals surface area contributed by atoms with E-state index in [0.29, 0.717) is 32.9 Å². The average molecular weight is 488 g/mol. The minimum Gasteiger partial charge on any atom is -0.486 e. The van der Waals surface area contributed by atoms with E-state index in [4.69, 9.17) is 21.1 Å². The van der Waals surface area contributed by atoms with Crippen molar-refractivity contribution in [3.63, 3.8) is 0 Å². The first-order valence-corrected chi connectivity index (χ1v) is 11.4. The van der Waals surface area contributed by atoms with Gasteiger partial charge < -0.3 is 19.3 Å². The summed E-state index contributed by atoms with van der Waals surface area (Å²) in [6, 6.07) is 14.9. The summed E-state index contributed by atoms with van der Waals surface area (Å²) in [7, 11) is 5.62. The maximum atomic E-state index is 12.5. The zero-order valence-electron chi connectivity index (χ0n) is 19.0. The summed E-state index contributed by atoms with van der Waals surface area (Å²) in [5.41, 5.74) is 2.62. The molecule has 1 amide bonds. The number of esters is 1. The molecule has 3 aromatic rings. The summed E-state index contributed by atoms with van der Waals surface area (Å²) >= 11 is 7.06. The molecule has 0 aliphatic rings. The molecule has 0 unspecified atom stereocenters. The smallest absolute Gasteiger partial charge is 0.350 e. The number of rotatable bonds is 9. The zero-order valence-corrected chi connectivity index (χ0v) is 20.6. The van der Waals surface area contributed by atoms with Gasteiger partial charge in [-0.1, -0.05) is 23.7 Å². The molecule has 1 heterocycles. The number of hydrogen-bond acceptors (Lipinski definition) is 7. The molecule has 9 heteroatoms. The number of benzene rings is 2. The molecule has 0 saturated heterocycles. The molecular weight excluding hydrogens is 462 g/mol. The van der Waals surface area contributed by atoms with Crippen molar-refractivity contribution >= 4 is 40.5 Å². The van der Waals surface area contributed by atoms with E-state index in [1.807, 2.05) is 43.3 Å². The Hall–Kier alpha value is -3.10.